The zero-order chi connectivity index (χ0) is 15.4. The van der Waals surface area contributed by atoms with Crippen LogP contribution in [0.4, 0.5) is 4.39 Å². The molecule has 0 aliphatic carbocycles. The highest BCUT2D eigenvalue weighted by Gasteiger charge is 2.16. The first-order valence-electron chi connectivity index (χ1n) is 6.81. The van der Waals surface area contributed by atoms with Crippen molar-refractivity contribution < 1.29 is 9.13 Å². The molecule has 1 unspecified atom stereocenters. The third kappa shape index (κ3) is 3.74. The molecule has 0 aliphatic heterocycles. The molecule has 0 saturated heterocycles. The number of hydrogen-bond donors (Lipinski definition) is 1. The monoisotopic (exact) mass is 307 g/mol. The van der Waals surface area contributed by atoms with Crippen molar-refractivity contribution in [2.24, 2.45) is 0 Å². The number of methoxy groups -OCH3 is 1. The van der Waals surface area contributed by atoms with Crippen molar-refractivity contribution >= 4 is 11.6 Å². The molecule has 2 aromatic carbocycles. The van der Waals surface area contributed by atoms with Crippen LogP contribution in [0.15, 0.2) is 36.4 Å². The minimum atomic E-state index is -0.228. The minimum Gasteiger partial charge on any atom is -0.496 e. The summed E-state index contributed by atoms with van der Waals surface area (Å²) in [7, 11) is 3.50. The van der Waals surface area contributed by atoms with Crippen LogP contribution in [-0.4, -0.2) is 14.2 Å². The number of rotatable bonds is 5. The third-order valence-corrected chi connectivity index (χ3v) is 3.87. The Bertz CT molecular complexity index is 630. The van der Waals surface area contributed by atoms with E-state index in [4.69, 9.17) is 16.3 Å². The van der Waals surface area contributed by atoms with Gasteiger partial charge in [-0.2, -0.15) is 0 Å². The molecule has 0 aromatic heterocycles. The Balaban J connectivity index is 2.35. The van der Waals surface area contributed by atoms with Gasteiger partial charge < -0.3 is 10.1 Å². The lowest BCUT2D eigenvalue weighted by Gasteiger charge is -2.20. The lowest BCUT2D eigenvalue weighted by atomic mass is 9.95. The number of hydrogen-bond acceptors (Lipinski definition) is 2. The summed E-state index contributed by atoms with van der Waals surface area (Å²) in [6, 6.07) is 10.4. The smallest absolute Gasteiger partial charge is 0.123 e. The average molecular weight is 308 g/mol. The average Bonchev–Trinajstić information content (AvgIpc) is 2.47. The number of ether oxygens (including phenoxy) is 1. The van der Waals surface area contributed by atoms with Crippen molar-refractivity contribution in [3.63, 3.8) is 0 Å². The van der Waals surface area contributed by atoms with Crippen LogP contribution in [0, 0.1) is 12.7 Å². The molecule has 4 heteroatoms. The Kier molecular flexibility index (Phi) is 5.21. The maximum Gasteiger partial charge on any atom is 0.123 e. The van der Waals surface area contributed by atoms with Crippen molar-refractivity contribution in [2.45, 2.75) is 19.4 Å². The van der Waals surface area contributed by atoms with Crippen LogP contribution in [0.5, 0.6) is 5.75 Å². The van der Waals surface area contributed by atoms with Crippen LogP contribution in [0.2, 0.25) is 5.02 Å². The number of aryl methyl sites for hydroxylation is 1. The second kappa shape index (κ2) is 6.92. The van der Waals surface area contributed by atoms with E-state index in [0.29, 0.717) is 11.4 Å². The van der Waals surface area contributed by atoms with E-state index < -0.39 is 0 Å². The summed E-state index contributed by atoms with van der Waals surface area (Å²) in [6.45, 7) is 1.98. The lowest BCUT2D eigenvalue weighted by molar-refractivity contribution is 0.406. The van der Waals surface area contributed by atoms with E-state index in [1.165, 1.54) is 6.07 Å². The van der Waals surface area contributed by atoms with Crippen molar-refractivity contribution in [3.8, 4) is 5.75 Å². The fourth-order valence-corrected chi connectivity index (χ4v) is 2.68. The van der Waals surface area contributed by atoms with Gasteiger partial charge in [-0.15, -0.1) is 0 Å². The Morgan fingerprint density at radius 1 is 1.24 bits per heavy atom. The Morgan fingerprint density at radius 3 is 2.67 bits per heavy atom. The number of nitrogens with one attached hydrogen (secondary N) is 1. The van der Waals surface area contributed by atoms with Gasteiger partial charge in [0, 0.05) is 11.1 Å². The van der Waals surface area contributed by atoms with Gasteiger partial charge >= 0.3 is 0 Å². The van der Waals surface area contributed by atoms with Gasteiger partial charge in [-0.3, -0.25) is 0 Å². The van der Waals surface area contributed by atoms with Gasteiger partial charge in [-0.05, 0) is 67.4 Å². The molecule has 0 amide bonds. The van der Waals surface area contributed by atoms with Crippen molar-refractivity contribution in [1.82, 2.24) is 5.32 Å². The summed E-state index contributed by atoms with van der Waals surface area (Å²) >= 11 is 6.07. The first-order valence-corrected chi connectivity index (χ1v) is 7.18. The van der Waals surface area contributed by atoms with Gasteiger partial charge in [0.1, 0.15) is 11.6 Å². The fraction of sp³-hybridized carbons (Fsp3) is 0.294. The van der Waals surface area contributed by atoms with E-state index >= 15 is 0 Å². The molecular weight excluding hydrogens is 289 g/mol. The van der Waals surface area contributed by atoms with Gasteiger partial charge in [0.05, 0.1) is 7.11 Å². The number of likely N-dealkylation sites (N-methyl/N-ethyl adjacent to an activating group) is 1. The largest absolute Gasteiger partial charge is 0.496 e. The molecule has 1 N–H and O–H groups in total. The van der Waals surface area contributed by atoms with Gasteiger partial charge in [-0.25, -0.2) is 4.39 Å². The molecule has 112 valence electrons. The molecule has 0 aliphatic rings. The van der Waals surface area contributed by atoms with E-state index in [0.717, 1.165) is 22.4 Å². The summed E-state index contributed by atoms with van der Waals surface area (Å²) in [6.07, 6.45) is 0.671. The molecule has 21 heavy (non-hydrogen) atoms. The standard InChI is InChI=1S/C17H19ClFNO/c1-11-4-6-14(19)10-15(11)16(20-2)9-12-8-13(18)5-7-17(12)21-3/h4-8,10,16,20H,9H2,1-3H3. The van der Waals surface area contributed by atoms with E-state index in [9.17, 15) is 4.39 Å². The first-order chi connectivity index (χ1) is 10.0. The van der Waals surface area contributed by atoms with E-state index in [-0.39, 0.29) is 11.9 Å². The van der Waals surface area contributed by atoms with Crippen molar-refractivity contribution in [3.05, 3.63) is 63.9 Å². The van der Waals surface area contributed by atoms with Crippen LogP contribution < -0.4 is 10.1 Å². The third-order valence-electron chi connectivity index (χ3n) is 3.63. The van der Waals surface area contributed by atoms with Gasteiger partial charge in [0.15, 0.2) is 0 Å². The molecular formula is C17H19ClFNO. The molecule has 0 heterocycles. The number of benzene rings is 2. The highest BCUT2D eigenvalue weighted by molar-refractivity contribution is 6.30. The SMILES string of the molecule is CNC(Cc1cc(Cl)ccc1OC)c1cc(F)ccc1C. The van der Waals surface area contributed by atoms with Crippen LogP contribution in [0.3, 0.4) is 0 Å². The fourth-order valence-electron chi connectivity index (χ4n) is 2.48. The highest BCUT2D eigenvalue weighted by atomic mass is 35.5. The van der Waals surface area contributed by atoms with E-state index in [1.807, 2.05) is 26.1 Å². The highest BCUT2D eigenvalue weighted by Crippen LogP contribution is 2.29. The second-order valence-electron chi connectivity index (χ2n) is 5.00. The van der Waals surface area contributed by atoms with Crippen LogP contribution in [-0.2, 0) is 6.42 Å². The molecule has 1 atom stereocenters. The van der Waals surface area contributed by atoms with E-state index in [2.05, 4.69) is 5.32 Å². The maximum atomic E-state index is 13.5. The van der Waals surface area contributed by atoms with Gasteiger partial charge in [0.2, 0.25) is 0 Å². The van der Waals surface area contributed by atoms with Crippen molar-refractivity contribution in [2.75, 3.05) is 14.2 Å². The molecule has 0 radical (unpaired) electrons. The minimum absolute atomic E-state index is 0.00642. The summed E-state index contributed by atoms with van der Waals surface area (Å²) < 4.78 is 18.9. The maximum absolute atomic E-state index is 13.5. The summed E-state index contributed by atoms with van der Waals surface area (Å²) in [5, 5.41) is 3.90. The Morgan fingerprint density at radius 2 is 2.00 bits per heavy atom. The normalized spacial score (nSPS) is 12.2. The molecule has 0 saturated carbocycles. The number of halogens is 2. The molecule has 0 spiro atoms. The molecule has 2 aromatic rings. The van der Waals surface area contributed by atoms with Crippen molar-refractivity contribution in [1.29, 1.82) is 0 Å². The van der Waals surface area contributed by atoms with Crippen LogP contribution in [0.1, 0.15) is 22.7 Å². The zero-order valence-corrected chi connectivity index (χ0v) is 13.2. The Labute approximate surface area is 129 Å². The summed E-state index contributed by atoms with van der Waals surface area (Å²) in [4.78, 5) is 0. The topological polar surface area (TPSA) is 21.3 Å². The summed E-state index contributed by atoms with van der Waals surface area (Å²) in [5.41, 5.74) is 2.99. The molecule has 2 rings (SSSR count). The quantitative estimate of drug-likeness (QED) is 0.889. The summed E-state index contributed by atoms with van der Waals surface area (Å²) in [5.74, 6) is 0.558. The van der Waals surface area contributed by atoms with Gasteiger partial charge in [0.25, 0.3) is 0 Å². The van der Waals surface area contributed by atoms with Crippen LogP contribution >= 0.6 is 11.6 Å². The van der Waals surface area contributed by atoms with Crippen LogP contribution in [0.25, 0.3) is 0 Å². The van der Waals surface area contributed by atoms with Gasteiger partial charge in [-0.1, -0.05) is 17.7 Å². The molecule has 0 fully saturated rings. The second-order valence-corrected chi connectivity index (χ2v) is 5.44. The zero-order valence-electron chi connectivity index (χ0n) is 12.4. The molecule has 2 nitrogen and oxygen atoms in total. The Hall–Kier alpha value is -1.58. The predicted molar refractivity (Wildman–Crippen MR) is 84.6 cm³/mol. The predicted octanol–water partition coefficient (Wildman–Crippen LogP) is 4.30. The van der Waals surface area contributed by atoms with E-state index in [1.54, 1.807) is 25.3 Å². The lowest BCUT2D eigenvalue weighted by Crippen LogP contribution is -2.20. The molecule has 0 bridgehead atoms. The first kappa shape index (κ1) is 15.8.